The minimum absolute atomic E-state index is 0.00918. The van der Waals surface area contributed by atoms with Gasteiger partial charge in [-0.05, 0) is 93.9 Å². The van der Waals surface area contributed by atoms with Crippen LogP contribution in [0.5, 0.6) is 11.5 Å². The zero-order chi connectivity index (χ0) is 38.1. The summed E-state index contributed by atoms with van der Waals surface area (Å²) in [6.45, 7) is 7.96. The third-order valence-corrected chi connectivity index (χ3v) is 17.1. The summed E-state index contributed by atoms with van der Waals surface area (Å²) >= 11 is 0. The molecular weight excluding hydrogens is 721 g/mol. The van der Waals surface area contributed by atoms with Crippen molar-refractivity contribution in [1.29, 1.82) is 0 Å². The molecule has 4 saturated carbocycles. The maximum Gasteiger partial charge on any atom is 0.310 e. The van der Waals surface area contributed by atoms with Crippen molar-refractivity contribution in [1.82, 2.24) is 0 Å². The van der Waals surface area contributed by atoms with Gasteiger partial charge in [-0.15, -0.1) is 0 Å². The second-order valence-corrected chi connectivity index (χ2v) is 20.5. The maximum atomic E-state index is 14.3. The Morgan fingerprint density at radius 1 is 0.519 bits per heavy atom. The second-order valence-electron chi connectivity index (χ2n) is 17.4. The van der Waals surface area contributed by atoms with Gasteiger partial charge in [0.1, 0.15) is 11.6 Å². The van der Waals surface area contributed by atoms with Crippen LogP contribution in [0, 0.1) is 33.5 Å². The summed E-state index contributed by atoms with van der Waals surface area (Å²) in [4.78, 5) is 26.9. The molecule has 280 valence electrons. The van der Waals surface area contributed by atoms with Crippen molar-refractivity contribution in [2.75, 3.05) is 11.5 Å². The molecule has 5 aliphatic carbocycles. The van der Waals surface area contributed by atoms with Crippen molar-refractivity contribution in [3.05, 3.63) is 84.9 Å². The molecule has 4 atom stereocenters. The molecule has 10 heteroatoms. The van der Waals surface area contributed by atoms with Gasteiger partial charge in [0.25, 0.3) is 0 Å². The van der Waals surface area contributed by atoms with E-state index < -0.39 is 53.4 Å². The minimum atomic E-state index is -4.37. The summed E-state index contributed by atoms with van der Waals surface area (Å²) in [5, 5.41) is 0. The molecule has 4 aromatic rings. The zero-order valence-electron chi connectivity index (χ0n) is 31.0. The van der Waals surface area contributed by atoms with E-state index in [1.807, 2.05) is 88.4 Å². The predicted molar refractivity (Wildman–Crippen MR) is 208 cm³/mol. The normalized spacial score (nSPS) is 27.0. The Morgan fingerprint density at radius 2 is 0.852 bits per heavy atom. The number of Topliss-reactive ketones (excluding diaryl/α,β-unsaturated/α-hetero) is 2. The van der Waals surface area contributed by atoms with E-state index in [4.69, 9.17) is 8.37 Å². The van der Waals surface area contributed by atoms with Crippen molar-refractivity contribution < 1.29 is 34.8 Å². The van der Waals surface area contributed by atoms with Crippen LogP contribution in [0.4, 0.5) is 0 Å². The van der Waals surface area contributed by atoms with Gasteiger partial charge < -0.3 is 8.37 Å². The van der Waals surface area contributed by atoms with Crippen molar-refractivity contribution in [3.63, 3.8) is 0 Å². The molecule has 0 heterocycles. The smallest absolute Gasteiger partial charge is 0.310 e. The van der Waals surface area contributed by atoms with Crippen molar-refractivity contribution >= 4 is 31.8 Å². The van der Waals surface area contributed by atoms with Gasteiger partial charge in [-0.2, -0.15) is 16.8 Å². The van der Waals surface area contributed by atoms with Gasteiger partial charge in [0.2, 0.25) is 0 Å². The van der Waals surface area contributed by atoms with Crippen LogP contribution in [0.25, 0.3) is 44.5 Å². The molecule has 0 aliphatic heterocycles. The Bertz CT molecular complexity index is 2340. The van der Waals surface area contributed by atoms with E-state index in [1.165, 1.54) is 0 Å². The second kappa shape index (κ2) is 11.6. The standard InChI is InChI=1S/C44H44O8S2/c1-41(2)27-19-21-43(41,37(45)23-27)25-53(47,48)51-35-17-9-15-33-31-13-7-5-11-29(31)30-12-6-8-14-32(30)34-16-10-18-36(40(34)39(33)35)52-54(49,50)26-44-22-20-28(24-38(44)46)42(44,3)4/h5-18,27-28H,19-26H2,1-4H3/t27-,28-,43-,44-/m1/s1. The molecule has 0 amide bonds. The third-order valence-electron chi connectivity index (χ3n) is 14.6. The Morgan fingerprint density at radius 3 is 1.17 bits per heavy atom. The molecule has 5 aliphatic rings. The number of benzene rings is 4. The van der Waals surface area contributed by atoms with Gasteiger partial charge in [-0.1, -0.05) is 100 Å². The number of rotatable bonds is 8. The van der Waals surface area contributed by atoms with Gasteiger partial charge in [-0.3, -0.25) is 9.59 Å². The summed E-state index contributed by atoms with van der Waals surface area (Å²) < 4.78 is 69.5. The first kappa shape index (κ1) is 35.4. The number of hydrogen-bond acceptors (Lipinski definition) is 8. The fourth-order valence-electron chi connectivity index (χ4n) is 11.2. The fourth-order valence-corrected chi connectivity index (χ4v) is 14.7. The lowest BCUT2D eigenvalue weighted by Gasteiger charge is -2.36. The maximum absolute atomic E-state index is 14.3. The van der Waals surface area contributed by atoms with Gasteiger partial charge in [0.15, 0.2) is 11.5 Å². The van der Waals surface area contributed by atoms with Crippen LogP contribution in [0.2, 0.25) is 0 Å². The average Bonchev–Trinajstić information content (AvgIpc) is 3.64. The first-order valence-electron chi connectivity index (χ1n) is 18.9. The molecule has 0 unspecified atom stereocenters. The molecule has 0 spiro atoms. The van der Waals surface area contributed by atoms with Crippen LogP contribution in [-0.4, -0.2) is 39.9 Å². The summed E-state index contributed by atoms with van der Waals surface area (Å²) in [6.07, 6.45) is 3.29. The molecule has 9 rings (SSSR count). The van der Waals surface area contributed by atoms with Gasteiger partial charge >= 0.3 is 20.2 Å². The van der Waals surface area contributed by atoms with Crippen molar-refractivity contribution in [2.24, 2.45) is 33.5 Å². The Balaban J connectivity index is 1.22. The van der Waals surface area contributed by atoms with Crippen LogP contribution in [0.1, 0.15) is 66.2 Å². The zero-order valence-corrected chi connectivity index (χ0v) is 32.6. The van der Waals surface area contributed by atoms with E-state index >= 15 is 0 Å². The van der Waals surface area contributed by atoms with E-state index in [9.17, 15) is 26.4 Å². The molecule has 0 N–H and O–H groups in total. The molecule has 8 nitrogen and oxygen atoms in total. The van der Waals surface area contributed by atoms with Crippen molar-refractivity contribution in [3.8, 4) is 56.0 Å². The highest BCUT2D eigenvalue weighted by atomic mass is 32.2. The highest BCUT2D eigenvalue weighted by Gasteiger charge is 2.67. The first-order chi connectivity index (χ1) is 25.5. The molecule has 4 aromatic carbocycles. The number of carbonyl (C=O) groups excluding carboxylic acids is 2. The van der Waals surface area contributed by atoms with Crippen LogP contribution in [0.15, 0.2) is 84.9 Å². The lowest BCUT2D eigenvalue weighted by atomic mass is 9.70. The summed E-state index contributed by atoms with van der Waals surface area (Å²) in [7, 11) is -8.74. The Labute approximate surface area is 317 Å². The first-order valence-corrected chi connectivity index (χ1v) is 22.0. The fraction of sp³-hybridized carbons (Fsp3) is 0.409. The van der Waals surface area contributed by atoms with Gasteiger partial charge in [0, 0.05) is 24.0 Å². The largest absolute Gasteiger partial charge is 0.382 e. The minimum Gasteiger partial charge on any atom is -0.382 e. The number of ketones is 2. The SMILES string of the molecule is CC1(C)[C@@H]2CC[C@@]1(CS(=O)(=O)Oc1cccc3c1-c1c(OS(=O)(=O)C[C@]45CC[C@H](CC4=O)C5(C)C)cccc1-c1ccccc1-c1ccccc1-3)C(=O)C2. The highest BCUT2D eigenvalue weighted by molar-refractivity contribution is 7.87. The van der Waals surface area contributed by atoms with Crippen molar-refractivity contribution in [2.45, 2.75) is 66.2 Å². The lowest BCUT2D eigenvalue weighted by molar-refractivity contribution is -0.128. The average molecular weight is 765 g/mol. The summed E-state index contributed by atoms with van der Waals surface area (Å²) in [5.74, 6) is -0.690. The molecule has 0 radical (unpaired) electrons. The van der Waals surface area contributed by atoms with E-state index in [0.717, 1.165) is 35.1 Å². The quantitative estimate of drug-likeness (QED) is 0.144. The highest BCUT2D eigenvalue weighted by Crippen LogP contribution is 2.66. The van der Waals surface area contributed by atoms with Crippen LogP contribution < -0.4 is 8.37 Å². The summed E-state index contributed by atoms with van der Waals surface area (Å²) in [5.41, 5.74) is 2.30. The molecular formula is C44H44O8S2. The molecule has 4 bridgehead atoms. The Kier molecular flexibility index (Phi) is 7.62. The molecule has 4 fully saturated rings. The third kappa shape index (κ3) is 4.91. The monoisotopic (exact) mass is 764 g/mol. The van der Waals surface area contributed by atoms with E-state index in [2.05, 4.69) is 0 Å². The van der Waals surface area contributed by atoms with Crippen LogP contribution in [0.3, 0.4) is 0 Å². The van der Waals surface area contributed by atoms with E-state index in [0.29, 0.717) is 47.9 Å². The van der Waals surface area contributed by atoms with Gasteiger partial charge in [-0.25, -0.2) is 0 Å². The molecule has 54 heavy (non-hydrogen) atoms. The lowest BCUT2D eigenvalue weighted by Crippen LogP contribution is -2.43. The number of carbonyl (C=O) groups is 2. The summed E-state index contributed by atoms with van der Waals surface area (Å²) in [6, 6.07) is 26.0. The molecule has 0 saturated heterocycles. The molecule has 0 aromatic heterocycles. The predicted octanol–water partition coefficient (Wildman–Crippen LogP) is 8.88. The number of fused-ring (bicyclic) bond motifs is 12. The van der Waals surface area contributed by atoms with Gasteiger partial charge in [0.05, 0.1) is 22.3 Å². The van der Waals surface area contributed by atoms with Crippen LogP contribution >= 0.6 is 0 Å². The van der Waals surface area contributed by atoms with Crippen LogP contribution in [-0.2, 0) is 29.8 Å². The van der Waals surface area contributed by atoms with E-state index in [-0.39, 0.29) is 34.9 Å². The Hall–Kier alpha value is -4.28. The number of hydrogen-bond donors (Lipinski definition) is 0. The van der Waals surface area contributed by atoms with E-state index in [1.54, 1.807) is 24.3 Å². The topological polar surface area (TPSA) is 121 Å².